The average Bonchev–Trinajstić information content (AvgIpc) is 2.76. The molecular weight excluding hydrogens is 298 g/mol. The van der Waals surface area contributed by atoms with Gasteiger partial charge in [0.15, 0.2) is 0 Å². The molecule has 24 heavy (non-hydrogen) atoms. The van der Waals surface area contributed by atoms with Crippen LogP contribution in [0.5, 0.6) is 0 Å². The highest BCUT2D eigenvalue weighted by Crippen LogP contribution is 2.32. The quantitative estimate of drug-likeness (QED) is 0.752. The molecule has 0 spiro atoms. The largest absolute Gasteiger partial charge is 0.364 e. The Labute approximate surface area is 141 Å². The van der Waals surface area contributed by atoms with Crippen LogP contribution in [0, 0.1) is 0 Å². The molecule has 0 radical (unpaired) electrons. The van der Waals surface area contributed by atoms with Gasteiger partial charge in [-0.25, -0.2) is 0 Å². The minimum Gasteiger partial charge on any atom is -0.364 e. The Hall–Kier alpha value is -2.62. The van der Waals surface area contributed by atoms with Crippen molar-refractivity contribution in [2.45, 2.75) is 38.6 Å². The fourth-order valence-electron chi connectivity index (χ4n) is 3.83. The van der Waals surface area contributed by atoms with Gasteiger partial charge in [0, 0.05) is 29.3 Å². The molecule has 0 atom stereocenters. The second-order valence-electron chi connectivity index (χ2n) is 6.50. The van der Waals surface area contributed by atoms with Gasteiger partial charge < -0.3 is 10.3 Å². The first-order chi connectivity index (χ1) is 11.7. The number of hydrogen-bond donors (Lipinski definition) is 1. The lowest BCUT2D eigenvalue weighted by molar-refractivity contribution is 0.0995. The van der Waals surface area contributed by atoms with Crippen LogP contribution < -0.4 is 5.73 Å². The minimum absolute atomic E-state index is 0.329. The van der Waals surface area contributed by atoms with Gasteiger partial charge in [-0.3, -0.25) is 9.78 Å². The van der Waals surface area contributed by atoms with Crippen molar-refractivity contribution in [3.63, 3.8) is 0 Å². The average molecular weight is 319 g/mol. The van der Waals surface area contributed by atoms with Crippen molar-refractivity contribution >= 4 is 16.8 Å². The lowest BCUT2D eigenvalue weighted by Gasteiger charge is -2.11. The molecule has 0 fully saturated rings. The summed E-state index contributed by atoms with van der Waals surface area (Å²) in [6.07, 6.45) is 7.75. The molecule has 0 bridgehead atoms. The van der Waals surface area contributed by atoms with E-state index in [1.807, 2.05) is 6.07 Å². The number of rotatable bonds is 3. The summed E-state index contributed by atoms with van der Waals surface area (Å²) in [6, 6.07) is 12.4. The van der Waals surface area contributed by atoms with Crippen LogP contribution in [0.2, 0.25) is 0 Å². The van der Waals surface area contributed by atoms with Gasteiger partial charge in [-0.2, -0.15) is 0 Å². The smallest absolute Gasteiger partial charge is 0.267 e. The molecular formula is C20H21N3O. The van der Waals surface area contributed by atoms with Crippen LogP contribution in [0.15, 0.2) is 42.6 Å². The Morgan fingerprint density at radius 3 is 2.83 bits per heavy atom. The molecule has 4 nitrogen and oxygen atoms in total. The Balaban J connectivity index is 1.83. The number of aryl methyl sites for hydroxylation is 1. The van der Waals surface area contributed by atoms with Crippen LogP contribution in [0.4, 0.5) is 0 Å². The number of primary amides is 1. The second kappa shape index (κ2) is 6.11. The van der Waals surface area contributed by atoms with Gasteiger partial charge in [-0.05, 0) is 55.0 Å². The van der Waals surface area contributed by atoms with Gasteiger partial charge >= 0.3 is 0 Å². The molecule has 0 saturated carbocycles. The number of hydrogen-bond acceptors (Lipinski definition) is 2. The molecule has 1 aliphatic carbocycles. The summed E-state index contributed by atoms with van der Waals surface area (Å²) >= 11 is 0. The summed E-state index contributed by atoms with van der Waals surface area (Å²) in [5.74, 6) is -0.479. The lowest BCUT2D eigenvalue weighted by atomic mass is 10.1. The first kappa shape index (κ1) is 14.9. The lowest BCUT2D eigenvalue weighted by Crippen LogP contribution is -2.14. The normalized spacial score (nSPS) is 14.3. The second-order valence-corrected chi connectivity index (χ2v) is 6.50. The van der Waals surface area contributed by atoms with Crippen LogP contribution in [0.1, 0.15) is 46.6 Å². The molecule has 0 saturated heterocycles. The van der Waals surface area contributed by atoms with Crippen molar-refractivity contribution in [2.75, 3.05) is 0 Å². The number of nitrogens with zero attached hydrogens (tertiary/aromatic N) is 2. The molecule has 4 heteroatoms. The van der Waals surface area contributed by atoms with Crippen LogP contribution in [0.3, 0.4) is 0 Å². The number of nitrogens with two attached hydrogens (primary N) is 1. The third-order valence-corrected chi connectivity index (χ3v) is 4.95. The van der Waals surface area contributed by atoms with Gasteiger partial charge in [0.1, 0.15) is 5.69 Å². The maximum atomic E-state index is 11.4. The Morgan fingerprint density at radius 2 is 1.96 bits per heavy atom. The van der Waals surface area contributed by atoms with Crippen LogP contribution in [0.25, 0.3) is 10.9 Å². The van der Waals surface area contributed by atoms with Crippen LogP contribution in [-0.2, 0) is 19.4 Å². The van der Waals surface area contributed by atoms with Crippen molar-refractivity contribution in [1.29, 1.82) is 0 Å². The Bertz CT molecular complexity index is 910. The third-order valence-electron chi connectivity index (χ3n) is 4.95. The molecule has 1 aromatic carbocycles. The van der Waals surface area contributed by atoms with E-state index in [0.29, 0.717) is 5.69 Å². The van der Waals surface area contributed by atoms with Crippen molar-refractivity contribution in [2.24, 2.45) is 5.73 Å². The molecule has 122 valence electrons. The molecule has 0 aliphatic heterocycles. The minimum atomic E-state index is -0.479. The third kappa shape index (κ3) is 2.58. The summed E-state index contributed by atoms with van der Waals surface area (Å²) in [5.41, 5.74) is 11.0. The van der Waals surface area contributed by atoms with Crippen molar-refractivity contribution < 1.29 is 4.79 Å². The Morgan fingerprint density at radius 1 is 1.12 bits per heavy atom. The number of pyridine rings is 1. The number of carbonyl (C=O) groups excluding carboxylic acids is 1. The van der Waals surface area contributed by atoms with E-state index in [9.17, 15) is 4.79 Å². The highest BCUT2D eigenvalue weighted by atomic mass is 16.1. The van der Waals surface area contributed by atoms with E-state index in [1.54, 1.807) is 12.3 Å². The fraction of sp³-hybridized carbons (Fsp3) is 0.300. The predicted molar refractivity (Wildman–Crippen MR) is 95.1 cm³/mol. The summed E-state index contributed by atoms with van der Waals surface area (Å²) in [4.78, 5) is 15.4. The zero-order chi connectivity index (χ0) is 16.5. The molecule has 1 amide bonds. The maximum absolute atomic E-state index is 11.4. The van der Waals surface area contributed by atoms with Crippen molar-refractivity contribution in [3.05, 3.63) is 65.1 Å². The molecule has 3 aromatic rings. The number of aromatic nitrogens is 2. The van der Waals surface area contributed by atoms with Gasteiger partial charge in [0.05, 0.1) is 0 Å². The highest BCUT2D eigenvalue weighted by molar-refractivity contribution is 5.91. The number of para-hydroxylation sites is 1. The molecule has 2 aromatic heterocycles. The summed E-state index contributed by atoms with van der Waals surface area (Å²) < 4.78 is 2.41. The van der Waals surface area contributed by atoms with Gasteiger partial charge in [0.2, 0.25) is 0 Å². The zero-order valence-electron chi connectivity index (χ0n) is 13.7. The topological polar surface area (TPSA) is 60.9 Å². The monoisotopic (exact) mass is 319 g/mol. The standard InChI is InChI=1S/C20H21N3O/c21-20(24)17-12-14(10-11-22-17)13-23-18-8-3-1-2-6-15(18)16-7-4-5-9-19(16)23/h4-5,7,9-12H,1-3,6,8,13H2,(H2,21,24). The molecule has 2 N–H and O–H groups in total. The SMILES string of the molecule is NC(=O)c1cc(Cn2c3c(c4ccccc42)CCCCC3)ccn1. The zero-order valence-corrected chi connectivity index (χ0v) is 13.7. The Kier molecular flexibility index (Phi) is 3.81. The molecule has 4 rings (SSSR count). The molecule has 2 heterocycles. The first-order valence-electron chi connectivity index (χ1n) is 8.58. The van der Waals surface area contributed by atoms with E-state index < -0.39 is 5.91 Å². The van der Waals surface area contributed by atoms with E-state index in [0.717, 1.165) is 24.9 Å². The van der Waals surface area contributed by atoms with Gasteiger partial charge in [0.25, 0.3) is 5.91 Å². The number of fused-ring (bicyclic) bond motifs is 3. The van der Waals surface area contributed by atoms with E-state index in [2.05, 4.69) is 33.8 Å². The molecule has 1 aliphatic rings. The van der Waals surface area contributed by atoms with E-state index in [1.165, 1.54) is 41.4 Å². The highest BCUT2D eigenvalue weighted by Gasteiger charge is 2.18. The summed E-state index contributed by atoms with van der Waals surface area (Å²) in [7, 11) is 0. The van der Waals surface area contributed by atoms with E-state index >= 15 is 0 Å². The predicted octanol–water partition coefficient (Wildman–Crippen LogP) is 3.45. The summed E-state index contributed by atoms with van der Waals surface area (Å²) in [6.45, 7) is 0.749. The van der Waals surface area contributed by atoms with Gasteiger partial charge in [-0.1, -0.05) is 24.6 Å². The first-order valence-corrected chi connectivity index (χ1v) is 8.58. The van der Waals surface area contributed by atoms with Gasteiger partial charge in [-0.15, -0.1) is 0 Å². The van der Waals surface area contributed by atoms with Crippen LogP contribution in [-0.4, -0.2) is 15.5 Å². The van der Waals surface area contributed by atoms with E-state index in [4.69, 9.17) is 5.73 Å². The number of benzene rings is 1. The van der Waals surface area contributed by atoms with E-state index in [-0.39, 0.29) is 0 Å². The fourth-order valence-corrected chi connectivity index (χ4v) is 3.83. The van der Waals surface area contributed by atoms with Crippen molar-refractivity contribution in [1.82, 2.24) is 9.55 Å². The molecule has 0 unspecified atom stereocenters. The summed E-state index contributed by atoms with van der Waals surface area (Å²) in [5, 5.41) is 1.37. The van der Waals surface area contributed by atoms with Crippen molar-refractivity contribution in [3.8, 4) is 0 Å². The van der Waals surface area contributed by atoms with Crippen LogP contribution >= 0.6 is 0 Å². The maximum Gasteiger partial charge on any atom is 0.267 e. The number of amides is 1. The number of carbonyl (C=O) groups is 1.